The molecule has 2 rings (SSSR count). The van der Waals surface area contributed by atoms with E-state index in [0.717, 1.165) is 32.2 Å². The number of hydrogen-bond donors (Lipinski definition) is 1. The second-order valence-corrected chi connectivity index (χ2v) is 5.23. The molecule has 0 aliphatic heterocycles. The maximum absolute atomic E-state index is 13.9. The number of ether oxygens (including phenoxy) is 1. The van der Waals surface area contributed by atoms with E-state index in [1.807, 2.05) is 6.07 Å². The van der Waals surface area contributed by atoms with Gasteiger partial charge in [0.2, 0.25) is 0 Å². The minimum absolute atomic E-state index is 0.0851. The maximum atomic E-state index is 13.9. The highest BCUT2D eigenvalue weighted by molar-refractivity contribution is 5.34. The van der Waals surface area contributed by atoms with Crippen LogP contribution < -0.4 is 5.32 Å². The summed E-state index contributed by atoms with van der Waals surface area (Å²) in [5, 5.41) is 12.3. The van der Waals surface area contributed by atoms with E-state index in [2.05, 4.69) is 12.2 Å². The summed E-state index contributed by atoms with van der Waals surface area (Å²) < 4.78 is 19.7. The highest BCUT2D eigenvalue weighted by atomic mass is 19.1. The van der Waals surface area contributed by atoms with Crippen LogP contribution in [-0.2, 0) is 11.3 Å². The van der Waals surface area contributed by atoms with Gasteiger partial charge in [-0.05, 0) is 38.3 Å². The molecule has 0 aromatic heterocycles. The van der Waals surface area contributed by atoms with E-state index in [1.54, 1.807) is 12.1 Å². The van der Waals surface area contributed by atoms with Crippen molar-refractivity contribution >= 4 is 0 Å². The quantitative estimate of drug-likeness (QED) is 0.898. The Bertz CT molecular complexity index is 476. The van der Waals surface area contributed by atoms with Crippen LogP contribution in [-0.4, -0.2) is 18.7 Å². The third kappa shape index (κ3) is 3.78. The number of rotatable bonds is 5. The fourth-order valence-corrected chi connectivity index (χ4v) is 2.71. The van der Waals surface area contributed by atoms with E-state index in [1.165, 1.54) is 6.07 Å². The summed E-state index contributed by atoms with van der Waals surface area (Å²) in [6.45, 7) is 3.37. The number of halogens is 1. The van der Waals surface area contributed by atoms with Crippen LogP contribution in [0.1, 0.15) is 43.7 Å². The first-order chi connectivity index (χ1) is 9.74. The maximum Gasteiger partial charge on any atom is 0.146 e. The summed E-state index contributed by atoms with van der Waals surface area (Å²) >= 11 is 0. The first-order valence-electron chi connectivity index (χ1n) is 7.27. The zero-order valence-corrected chi connectivity index (χ0v) is 11.9. The van der Waals surface area contributed by atoms with Gasteiger partial charge in [-0.2, -0.15) is 5.26 Å². The highest BCUT2D eigenvalue weighted by Gasteiger charge is 2.21. The Labute approximate surface area is 119 Å². The summed E-state index contributed by atoms with van der Waals surface area (Å²) in [5.41, 5.74) is 0.555. The van der Waals surface area contributed by atoms with Gasteiger partial charge in [0, 0.05) is 11.6 Å². The van der Waals surface area contributed by atoms with Gasteiger partial charge >= 0.3 is 0 Å². The molecule has 0 spiro atoms. The molecule has 20 heavy (non-hydrogen) atoms. The van der Waals surface area contributed by atoms with Crippen LogP contribution in [0.4, 0.5) is 4.39 Å². The summed E-state index contributed by atoms with van der Waals surface area (Å²) in [6.07, 6.45) is 4.45. The predicted molar refractivity (Wildman–Crippen MR) is 75.6 cm³/mol. The van der Waals surface area contributed by atoms with Gasteiger partial charge in [-0.25, -0.2) is 4.39 Å². The van der Waals surface area contributed by atoms with Crippen LogP contribution in [0.3, 0.4) is 0 Å². The van der Waals surface area contributed by atoms with Gasteiger partial charge in [0.1, 0.15) is 11.9 Å². The topological polar surface area (TPSA) is 45.0 Å². The predicted octanol–water partition coefficient (Wildman–Crippen LogP) is 3.13. The zero-order valence-electron chi connectivity index (χ0n) is 11.9. The molecule has 0 unspecified atom stereocenters. The van der Waals surface area contributed by atoms with E-state index in [0.29, 0.717) is 11.6 Å². The third-order valence-electron chi connectivity index (χ3n) is 3.84. The van der Waals surface area contributed by atoms with Gasteiger partial charge in [0.25, 0.3) is 0 Å². The zero-order chi connectivity index (χ0) is 14.4. The van der Waals surface area contributed by atoms with E-state index in [4.69, 9.17) is 10.00 Å². The van der Waals surface area contributed by atoms with Gasteiger partial charge in [-0.15, -0.1) is 0 Å². The van der Waals surface area contributed by atoms with Crippen molar-refractivity contribution in [1.29, 1.82) is 5.26 Å². The first-order valence-corrected chi connectivity index (χ1v) is 7.27. The number of nitriles is 1. The molecule has 1 aliphatic rings. The number of nitrogens with zero attached hydrogens (tertiary/aromatic N) is 1. The summed E-state index contributed by atoms with van der Waals surface area (Å²) in [7, 11) is 0. The van der Waals surface area contributed by atoms with Crippen molar-refractivity contribution in [2.24, 2.45) is 0 Å². The van der Waals surface area contributed by atoms with Crippen LogP contribution in [0.2, 0.25) is 0 Å². The standard InChI is InChI=1S/C16H21FN2O/c1-2-19-14-6-8-15(9-7-14)20-11-13-5-3-4-12(10-18)16(13)17/h3-5,14-15,19H,2,6-9,11H2,1H3. The second-order valence-electron chi connectivity index (χ2n) is 5.23. The molecule has 1 N–H and O–H groups in total. The summed E-state index contributed by atoms with van der Waals surface area (Å²) in [5.74, 6) is -0.448. The SMILES string of the molecule is CCNC1CCC(OCc2cccc(C#N)c2F)CC1. The number of benzene rings is 1. The second kappa shape index (κ2) is 7.37. The molecule has 108 valence electrons. The third-order valence-corrected chi connectivity index (χ3v) is 3.84. The minimum Gasteiger partial charge on any atom is -0.373 e. The van der Waals surface area contributed by atoms with Crippen molar-refractivity contribution in [3.8, 4) is 6.07 Å². The molecule has 1 aromatic rings. The lowest BCUT2D eigenvalue weighted by molar-refractivity contribution is 0.0102. The molecule has 1 saturated carbocycles. The van der Waals surface area contributed by atoms with E-state index < -0.39 is 5.82 Å². The molecule has 1 aliphatic carbocycles. The van der Waals surface area contributed by atoms with Crippen molar-refractivity contribution in [2.45, 2.75) is 51.4 Å². The molecule has 3 nitrogen and oxygen atoms in total. The largest absolute Gasteiger partial charge is 0.373 e. The molecule has 1 aromatic carbocycles. The molecule has 0 radical (unpaired) electrons. The fourth-order valence-electron chi connectivity index (χ4n) is 2.71. The Morgan fingerprint density at radius 3 is 2.75 bits per heavy atom. The van der Waals surface area contributed by atoms with E-state index >= 15 is 0 Å². The van der Waals surface area contributed by atoms with Gasteiger partial charge in [0.05, 0.1) is 18.3 Å². The Morgan fingerprint density at radius 1 is 1.35 bits per heavy atom. The first kappa shape index (κ1) is 15.0. The van der Waals surface area contributed by atoms with Crippen LogP contribution in [0.25, 0.3) is 0 Å². The van der Waals surface area contributed by atoms with E-state index in [9.17, 15) is 4.39 Å². The van der Waals surface area contributed by atoms with Crippen molar-refractivity contribution < 1.29 is 9.13 Å². The lowest BCUT2D eigenvalue weighted by atomic mass is 9.93. The Morgan fingerprint density at radius 2 is 2.10 bits per heavy atom. The van der Waals surface area contributed by atoms with E-state index in [-0.39, 0.29) is 18.3 Å². The normalized spacial score (nSPS) is 22.4. The number of hydrogen-bond acceptors (Lipinski definition) is 3. The smallest absolute Gasteiger partial charge is 0.146 e. The van der Waals surface area contributed by atoms with Gasteiger partial charge in [-0.1, -0.05) is 19.1 Å². The molecular formula is C16H21FN2O. The van der Waals surface area contributed by atoms with Crippen molar-refractivity contribution in [2.75, 3.05) is 6.54 Å². The van der Waals surface area contributed by atoms with Gasteiger partial charge in [0.15, 0.2) is 0 Å². The lowest BCUT2D eigenvalue weighted by Crippen LogP contribution is -2.35. The van der Waals surface area contributed by atoms with Crippen molar-refractivity contribution in [3.05, 3.63) is 35.1 Å². The Hall–Kier alpha value is -1.44. The monoisotopic (exact) mass is 276 g/mol. The fraction of sp³-hybridized carbons (Fsp3) is 0.562. The molecule has 0 atom stereocenters. The molecule has 0 heterocycles. The van der Waals surface area contributed by atoms with Crippen LogP contribution in [0, 0.1) is 17.1 Å². The van der Waals surface area contributed by atoms with Gasteiger partial charge in [-0.3, -0.25) is 0 Å². The van der Waals surface area contributed by atoms with Crippen LogP contribution >= 0.6 is 0 Å². The minimum atomic E-state index is -0.448. The number of nitrogens with one attached hydrogen (secondary N) is 1. The van der Waals surface area contributed by atoms with Crippen molar-refractivity contribution in [1.82, 2.24) is 5.32 Å². The summed E-state index contributed by atoms with van der Waals surface area (Å²) in [6, 6.07) is 7.31. The molecule has 0 saturated heterocycles. The summed E-state index contributed by atoms with van der Waals surface area (Å²) in [4.78, 5) is 0. The molecule has 4 heteroatoms. The van der Waals surface area contributed by atoms with Crippen LogP contribution in [0.5, 0.6) is 0 Å². The highest BCUT2D eigenvalue weighted by Crippen LogP contribution is 2.23. The molecular weight excluding hydrogens is 255 g/mol. The average molecular weight is 276 g/mol. The van der Waals surface area contributed by atoms with Crippen molar-refractivity contribution in [3.63, 3.8) is 0 Å². The molecule has 0 amide bonds. The Kier molecular flexibility index (Phi) is 5.51. The average Bonchev–Trinajstić information content (AvgIpc) is 2.48. The molecule has 0 bridgehead atoms. The Balaban J connectivity index is 1.83. The lowest BCUT2D eigenvalue weighted by Gasteiger charge is -2.29. The van der Waals surface area contributed by atoms with Gasteiger partial charge < -0.3 is 10.1 Å². The van der Waals surface area contributed by atoms with Crippen LogP contribution in [0.15, 0.2) is 18.2 Å². The molecule has 1 fully saturated rings.